The second-order valence-electron chi connectivity index (χ2n) is 5.14. The number of Topliss-reactive ketones (excluding diaryl/α,β-unsaturated/α-hetero) is 2. The average Bonchev–Trinajstić information content (AvgIpc) is 2.29. The van der Waals surface area contributed by atoms with Crippen LogP contribution in [0.15, 0.2) is 23.2 Å². The van der Waals surface area contributed by atoms with E-state index in [0.29, 0.717) is 11.4 Å². The SMILES string of the molecule is CC(=O)C1C(=O)c2cccc(C)c2NC1=NC(C)C. The number of carbonyl (C=O) groups is 2. The topological polar surface area (TPSA) is 58.5 Å². The molecule has 19 heavy (non-hydrogen) atoms. The molecule has 0 amide bonds. The van der Waals surface area contributed by atoms with Crippen molar-refractivity contribution in [3.8, 4) is 0 Å². The molecule has 0 fully saturated rings. The highest BCUT2D eigenvalue weighted by molar-refractivity contribution is 6.32. The molecule has 1 atom stereocenters. The first-order valence-electron chi connectivity index (χ1n) is 6.40. The first-order valence-corrected chi connectivity index (χ1v) is 6.40. The van der Waals surface area contributed by atoms with Crippen LogP contribution < -0.4 is 5.32 Å². The van der Waals surface area contributed by atoms with Crippen molar-refractivity contribution in [1.82, 2.24) is 0 Å². The molecule has 100 valence electrons. The minimum absolute atomic E-state index is 0.0303. The van der Waals surface area contributed by atoms with Crippen LogP contribution in [0.1, 0.15) is 36.7 Å². The van der Waals surface area contributed by atoms with E-state index in [1.807, 2.05) is 32.9 Å². The molecule has 2 rings (SSSR count). The van der Waals surface area contributed by atoms with Gasteiger partial charge in [0.1, 0.15) is 17.5 Å². The molecule has 4 nitrogen and oxygen atoms in total. The predicted octanol–water partition coefficient (Wildman–Crippen LogP) is 2.62. The van der Waals surface area contributed by atoms with E-state index >= 15 is 0 Å². The van der Waals surface area contributed by atoms with Gasteiger partial charge in [-0.15, -0.1) is 0 Å². The summed E-state index contributed by atoms with van der Waals surface area (Å²) in [5.74, 6) is -0.667. The number of benzene rings is 1. The largest absolute Gasteiger partial charge is 0.342 e. The first kappa shape index (κ1) is 13.5. The Morgan fingerprint density at radius 1 is 1.37 bits per heavy atom. The molecule has 0 radical (unpaired) electrons. The Balaban J connectivity index is 2.58. The van der Waals surface area contributed by atoms with Gasteiger partial charge in [0.2, 0.25) is 0 Å². The molecule has 0 aromatic heterocycles. The summed E-state index contributed by atoms with van der Waals surface area (Å²) in [6.45, 7) is 7.20. The van der Waals surface area contributed by atoms with E-state index in [9.17, 15) is 9.59 Å². The molecule has 1 unspecified atom stereocenters. The molecule has 4 heteroatoms. The molecule has 1 heterocycles. The summed E-state index contributed by atoms with van der Waals surface area (Å²) in [7, 11) is 0. The van der Waals surface area contributed by atoms with E-state index in [-0.39, 0.29) is 17.6 Å². The maximum Gasteiger partial charge on any atom is 0.182 e. The fourth-order valence-corrected chi connectivity index (χ4v) is 2.28. The van der Waals surface area contributed by atoms with Crippen LogP contribution in [0.5, 0.6) is 0 Å². The zero-order valence-corrected chi connectivity index (χ0v) is 11.7. The number of aliphatic imine (C=N–C) groups is 1. The van der Waals surface area contributed by atoms with Gasteiger partial charge in [0.05, 0.1) is 5.69 Å². The summed E-state index contributed by atoms with van der Waals surface area (Å²) in [6, 6.07) is 5.54. The van der Waals surface area contributed by atoms with Crippen LogP contribution in [0, 0.1) is 12.8 Å². The fraction of sp³-hybridized carbons (Fsp3) is 0.400. The molecule has 1 aromatic carbocycles. The number of ketones is 2. The van der Waals surface area contributed by atoms with E-state index in [2.05, 4.69) is 10.3 Å². The number of nitrogens with one attached hydrogen (secondary N) is 1. The van der Waals surface area contributed by atoms with E-state index in [1.54, 1.807) is 6.07 Å². The van der Waals surface area contributed by atoms with Crippen molar-refractivity contribution in [2.75, 3.05) is 5.32 Å². The Hall–Kier alpha value is -1.97. The average molecular weight is 258 g/mol. The van der Waals surface area contributed by atoms with Crippen LogP contribution in [0.25, 0.3) is 0 Å². The van der Waals surface area contributed by atoms with E-state index in [4.69, 9.17) is 0 Å². The summed E-state index contributed by atoms with van der Waals surface area (Å²) in [5, 5.41) is 3.17. The number of para-hydroxylation sites is 1. The summed E-state index contributed by atoms with van der Waals surface area (Å²) in [6.07, 6.45) is 0. The number of carbonyl (C=O) groups excluding carboxylic acids is 2. The molecule has 0 spiro atoms. The smallest absolute Gasteiger partial charge is 0.182 e. The number of hydrogen-bond acceptors (Lipinski definition) is 3. The molecular weight excluding hydrogens is 240 g/mol. The predicted molar refractivity (Wildman–Crippen MR) is 75.9 cm³/mol. The lowest BCUT2D eigenvalue weighted by molar-refractivity contribution is -0.117. The van der Waals surface area contributed by atoms with Gasteiger partial charge in [-0.2, -0.15) is 0 Å². The van der Waals surface area contributed by atoms with E-state index < -0.39 is 5.92 Å². The normalized spacial score (nSPS) is 20.4. The van der Waals surface area contributed by atoms with Gasteiger partial charge in [0, 0.05) is 11.6 Å². The lowest BCUT2D eigenvalue weighted by Gasteiger charge is -2.27. The van der Waals surface area contributed by atoms with Crippen molar-refractivity contribution in [2.24, 2.45) is 10.9 Å². The quantitative estimate of drug-likeness (QED) is 0.829. The van der Waals surface area contributed by atoms with Gasteiger partial charge in [0.25, 0.3) is 0 Å². The van der Waals surface area contributed by atoms with Gasteiger partial charge >= 0.3 is 0 Å². The number of amidine groups is 1. The minimum Gasteiger partial charge on any atom is -0.342 e. The van der Waals surface area contributed by atoms with Gasteiger partial charge in [-0.1, -0.05) is 12.1 Å². The zero-order chi connectivity index (χ0) is 14.2. The molecule has 0 saturated heterocycles. The molecule has 1 aliphatic heterocycles. The highest BCUT2D eigenvalue weighted by atomic mass is 16.2. The number of aryl methyl sites for hydroxylation is 1. The monoisotopic (exact) mass is 258 g/mol. The Morgan fingerprint density at radius 2 is 2.05 bits per heavy atom. The standard InChI is InChI=1S/C15H18N2O2/c1-8(2)16-15-12(10(4)18)14(19)11-7-5-6-9(3)13(11)17-15/h5-8,12H,1-4H3,(H,16,17). The van der Waals surface area contributed by atoms with Gasteiger partial charge in [-0.25, -0.2) is 0 Å². The van der Waals surface area contributed by atoms with E-state index in [1.165, 1.54) is 6.92 Å². The van der Waals surface area contributed by atoms with Crippen LogP contribution in [0.2, 0.25) is 0 Å². The Morgan fingerprint density at radius 3 is 2.63 bits per heavy atom. The second-order valence-corrected chi connectivity index (χ2v) is 5.14. The van der Waals surface area contributed by atoms with Crippen molar-refractivity contribution < 1.29 is 9.59 Å². The minimum atomic E-state index is -0.795. The third-order valence-corrected chi connectivity index (χ3v) is 3.13. The van der Waals surface area contributed by atoms with Gasteiger partial charge in [0.15, 0.2) is 5.78 Å². The number of nitrogens with zero attached hydrogens (tertiary/aromatic N) is 1. The van der Waals surface area contributed by atoms with E-state index in [0.717, 1.165) is 11.3 Å². The third-order valence-electron chi connectivity index (χ3n) is 3.13. The number of fused-ring (bicyclic) bond motifs is 1. The molecular formula is C15H18N2O2. The van der Waals surface area contributed by atoms with Gasteiger partial charge in [-0.05, 0) is 39.3 Å². The maximum absolute atomic E-state index is 12.5. The molecule has 0 aliphatic carbocycles. The van der Waals surface area contributed by atoms with Crippen LogP contribution in [0.4, 0.5) is 5.69 Å². The molecule has 1 aromatic rings. The Bertz CT molecular complexity index is 574. The summed E-state index contributed by atoms with van der Waals surface area (Å²) < 4.78 is 0. The lowest BCUT2D eigenvalue weighted by atomic mass is 9.87. The molecule has 1 aliphatic rings. The van der Waals surface area contributed by atoms with Crippen molar-refractivity contribution in [2.45, 2.75) is 33.7 Å². The highest BCUT2D eigenvalue weighted by Gasteiger charge is 2.36. The van der Waals surface area contributed by atoms with Crippen LogP contribution in [-0.2, 0) is 4.79 Å². The Labute approximate surface area is 112 Å². The van der Waals surface area contributed by atoms with Crippen LogP contribution in [-0.4, -0.2) is 23.4 Å². The molecule has 0 saturated carbocycles. The lowest BCUT2D eigenvalue weighted by Crippen LogP contribution is -2.40. The molecule has 1 N–H and O–H groups in total. The zero-order valence-electron chi connectivity index (χ0n) is 11.7. The van der Waals surface area contributed by atoms with Crippen molar-refractivity contribution in [1.29, 1.82) is 0 Å². The maximum atomic E-state index is 12.5. The summed E-state index contributed by atoms with van der Waals surface area (Å²) in [5.41, 5.74) is 2.32. The molecule has 0 bridgehead atoms. The van der Waals surface area contributed by atoms with Gasteiger partial charge in [-0.3, -0.25) is 14.6 Å². The van der Waals surface area contributed by atoms with Gasteiger partial charge < -0.3 is 5.32 Å². The van der Waals surface area contributed by atoms with Crippen molar-refractivity contribution >= 4 is 23.1 Å². The highest BCUT2D eigenvalue weighted by Crippen LogP contribution is 2.29. The van der Waals surface area contributed by atoms with Crippen molar-refractivity contribution in [3.63, 3.8) is 0 Å². The summed E-state index contributed by atoms with van der Waals surface area (Å²) in [4.78, 5) is 28.6. The van der Waals surface area contributed by atoms with Crippen molar-refractivity contribution in [3.05, 3.63) is 29.3 Å². The third kappa shape index (κ3) is 2.43. The second kappa shape index (κ2) is 4.96. The van der Waals surface area contributed by atoms with Crippen LogP contribution in [0.3, 0.4) is 0 Å². The van der Waals surface area contributed by atoms with Crippen LogP contribution >= 0.6 is 0 Å². The fourth-order valence-electron chi connectivity index (χ4n) is 2.28. The first-order chi connectivity index (χ1) is 8.91. The number of anilines is 1. The Kier molecular flexibility index (Phi) is 3.51. The number of rotatable bonds is 2. The summed E-state index contributed by atoms with van der Waals surface area (Å²) >= 11 is 0. The number of hydrogen-bond donors (Lipinski definition) is 1.